The molecule has 1 saturated heterocycles. The van der Waals surface area contributed by atoms with Gasteiger partial charge >= 0.3 is 0 Å². The summed E-state index contributed by atoms with van der Waals surface area (Å²) in [7, 11) is 0. The molecule has 1 atom stereocenters. The Morgan fingerprint density at radius 2 is 2.12 bits per heavy atom. The van der Waals surface area contributed by atoms with Gasteiger partial charge in [0.1, 0.15) is 4.32 Å². The third-order valence-corrected chi connectivity index (χ3v) is 3.61. The highest BCUT2D eigenvalue weighted by atomic mass is 32.2. The summed E-state index contributed by atoms with van der Waals surface area (Å²) in [6.07, 6.45) is -0.174. The molecule has 0 aromatic rings. The zero-order valence-electron chi connectivity index (χ0n) is 8.71. The van der Waals surface area contributed by atoms with E-state index >= 15 is 0 Å². The molecule has 6 nitrogen and oxygen atoms in total. The molecule has 0 aliphatic carbocycles. The number of nitrogens with zero attached hydrogens (tertiary/aromatic N) is 1. The van der Waals surface area contributed by atoms with Crippen molar-refractivity contribution in [2.75, 3.05) is 5.75 Å². The van der Waals surface area contributed by atoms with E-state index in [1.54, 1.807) is 0 Å². The molecule has 1 amide bonds. The van der Waals surface area contributed by atoms with E-state index in [2.05, 4.69) is 0 Å². The van der Waals surface area contributed by atoms with Crippen molar-refractivity contribution < 1.29 is 24.6 Å². The molecule has 0 saturated carbocycles. The SMILES string of the molecule is O=C([O-])CCC[C@H](C(=O)[O-])N1C(=O)CSC1=S. The van der Waals surface area contributed by atoms with Crippen LogP contribution in [-0.4, -0.2) is 38.9 Å². The number of rotatable bonds is 6. The fraction of sp³-hybridized carbons (Fsp3) is 0.556. The second kappa shape index (κ2) is 5.97. The van der Waals surface area contributed by atoms with E-state index in [4.69, 9.17) is 12.2 Å². The highest BCUT2D eigenvalue weighted by molar-refractivity contribution is 8.23. The van der Waals surface area contributed by atoms with Gasteiger partial charge in [-0.15, -0.1) is 0 Å². The first-order valence-corrected chi connectivity index (χ1v) is 6.22. The third-order valence-electron chi connectivity index (χ3n) is 2.23. The minimum Gasteiger partial charge on any atom is -0.550 e. The van der Waals surface area contributed by atoms with Crippen LogP contribution in [0.1, 0.15) is 19.3 Å². The quantitative estimate of drug-likeness (QED) is 0.511. The van der Waals surface area contributed by atoms with Crippen molar-refractivity contribution in [1.82, 2.24) is 4.90 Å². The van der Waals surface area contributed by atoms with Gasteiger partial charge in [-0.05, 0) is 19.3 Å². The topological polar surface area (TPSA) is 101 Å². The van der Waals surface area contributed by atoms with Crippen molar-refractivity contribution in [2.24, 2.45) is 0 Å². The van der Waals surface area contributed by atoms with Crippen molar-refractivity contribution in [3.8, 4) is 0 Å². The van der Waals surface area contributed by atoms with Crippen LogP contribution in [0.2, 0.25) is 0 Å². The number of carbonyl (C=O) groups is 3. The van der Waals surface area contributed by atoms with E-state index in [-0.39, 0.29) is 35.2 Å². The average molecular weight is 275 g/mol. The summed E-state index contributed by atoms with van der Waals surface area (Å²) in [5, 5.41) is 21.1. The number of thiocarbonyl (C=S) groups is 1. The van der Waals surface area contributed by atoms with Gasteiger partial charge in [0, 0.05) is 5.97 Å². The van der Waals surface area contributed by atoms with Crippen molar-refractivity contribution in [3.63, 3.8) is 0 Å². The zero-order chi connectivity index (χ0) is 13.0. The molecule has 0 bridgehead atoms. The second-order valence-electron chi connectivity index (χ2n) is 3.42. The van der Waals surface area contributed by atoms with Gasteiger partial charge in [0.15, 0.2) is 0 Å². The molecule has 0 spiro atoms. The van der Waals surface area contributed by atoms with Crippen LogP contribution in [0.3, 0.4) is 0 Å². The number of hydrogen-bond acceptors (Lipinski definition) is 7. The highest BCUT2D eigenvalue weighted by Crippen LogP contribution is 2.23. The number of carboxylic acids is 2. The maximum Gasteiger partial charge on any atom is 0.239 e. The summed E-state index contributed by atoms with van der Waals surface area (Å²) >= 11 is 5.95. The van der Waals surface area contributed by atoms with Crippen LogP contribution >= 0.6 is 24.0 Å². The van der Waals surface area contributed by atoms with E-state index in [9.17, 15) is 24.6 Å². The van der Waals surface area contributed by atoms with Crippen LogP contribution in [0.25, 0.3) is 0 Å². The van der Waals surface area contributed by atoms with Crippen LogP contribution in [0.4, 0.5) is 0 Å². The Labute approximate surface area is 107 Å². The number of thioether (sulfide) groups is 1. The van der Waals surface area contributed by atoms with Gasteiger partial charge in [-0.3, -0.25) is 9.69 Å². The van der Waals surface area contributed by atoms with E-state index in [1.807, 2.05) is 0 Å². The standard InChI is InChI=1S/C9H11NO5S2/c11-6-4-17-9(16)10(6)5(8(14)15)2-1-3-7(12)13/h5H,1-4H2,(H,12,13)(H,14,15)/p-2/t5-/m1/s1. The lowest BCUT2D eigenvalue weighted by Gasteiger charge is -2.27. The molecule has 17 heavy (non-hydrogen) atoms. The third kappa shape index (κ3) is 3.67. The molecule has 1 fully saturated rings. The summed E-state index contributed by atoms with van der Waals surface area (Å²) < 4.78 is 0.192. The summed E-state index contributed by atoms with van der Waals surface area (Å²) in [6, 6.07) is -1.19. The Bertz CT molecular complexity index is 354. The van der Waals surface area contributed by atoms with Gasteiger partial charge in [0.25, 0.3) is 0 Å². The Kier molecular flexibility index (Phi) is 4.88. The molecule has 0 unspecified atom stereocenters. The molecule has 0 aromatic carbocycles. The fourth-order valence-corrected chi connectivity index (χ4v) is 2.62. The summed E-state index contributed by atoms with van der Waals surface area (Å²) in [5.41, 5.74) is 0. The molecule has 0 aromatic heterocycles. The van der Waals surface area contributed by atoms with Gasteiger partial charge in [0.05, 0.1) is 17.8 Å². The number of hydrogen-bond donors (Lipinski definition) is 0. The maximum absolute atomic E-state index is 11.4. The predicted octanol–water partition coefficient (Wildman–Crippen LogP) is -2.11. The number of carboxylic acid groups (broad SMARTS) is 2. The Morgan fingerprint density at radius 3 is 2.53 bits per heavy atom. The molecule has 8 heteroatoms. The van der Waals surface area contributed by atoms with E-state index in [0.717, 1.165) is 16.7 Å². The molecule has 1 aliphatic heterocycles. The lowest BCUT2D eigenvalue weighted by molar-refractivity contribution is -0.311. The van der Waals surface area contributed by atoms with Crippen molar-refractivity contribution in [1.29, 1.82) is 0 Å². The smallest absolute Gasteiger partial charge is 0.239 e. The number of aliphatic carboxylic acids is 2. The van der Waals surface area contributed by atoms with E-state index in [1.165, 1.54) is 0 Å². The van der Waals surface area contributed by atoms with Gasteiger partial charge in [0.2, 0.25) is 5.91 Å². The molecule has 0 N–H and O–H groups in total. The first-order chi connectivity index (χ1) is 7.93. The Hall–Kier alpha value is -1.15. The first kappa shape index (κ1) is 13.9. The summed E-state index contributed by atoms with van der Waals surface area (Å²) in [4.78, 5) is 33.5. The largest absolute Gasteiger partial charge is 0.550 e. The maximum atomic E-state index is 11.4. The summed E-state index contributed by atoms with van der Waals surface area (Å²) in [6.45, 7) is 0. The average Bonchev–Trinajstić information content (AvgIpc) is 2.54. The molecule has 94 valence electrons. The zero-order valence-corrected chi connectivity index (χ0v) is 10.3. The van der Waals surface area contributed by atoms with Crippen LogP contribution in [0.15, 0.2) is 0 Å². The van der Waals surface area contributed by atoms with E-state index < -0.39 is 18.0 Å². The van der Waals surface area contributed by atoms with Crippen molar-refractivity contribution in [2.45, 2.75) is 25.3 Å². The lowest BCUT2D eigenvalue weighted by Crippen LogP contribution is -2.50. The van der Waals surface area contributed by atoms with Crippen LogP contribution < -0.4 is 10.2 Å². The van der Waals surface area contributed by atoms with Gasteiger partial charge in [-0.25, -0.2) is 0 Å². The molecule has 0 radical (unpaired) electrons. The van der Waals surface area contributed by atoms with Crippen LogP contribution in [0, 0.1) is 0 Å². The van der Waals surface area contributed by atoms with E-state index in [0.29, 0.717) is 0 Å². The molecule has 1 heterocycles. The van der Waals surface area contributed by atoms with Crippen molar-refractivity contribution >= 4 is 46.1 Å². The molecular formula is C9H9NO5S2-2. The fourth-order valence-electron chi connectivity index (χ4n) is 1.46. The number of carbonyl (C=O) groups excluding carboxylic acids is 3. The highest BCUT2D eigenvalue weighted by Gasteiger charge is 2.33. The van der Waals surface area contributed by atoms with Gasteiger partial charge < -0.3 is 19.8 Å². The normalized spacial score (nSPS) is 17.3. The summed E-state index contributed by atoms with van der Waals surface area (Å²) in [5.74, 6) is -2.96. The van der Waals surface area contributed by atoms with Gasteiger partial charge in [-0.1, -0.05) is 24.0 Å². The van der Waals surface area contributed by atoms with Gasteiger partial charge in [-0.2, -0.15) is 0 Å². The minimum absolute atomic E-state index is 0.0112. The lowest BCUT2D eigenvalue weighted by atomic mass is 10.1. The van der Waals surface area contributed by atoms with Crippen LogP contribution in [-0.2, 0) is 14.4 Å². The Morgan fingerprint density at radius 1 is 1.47 bits per heavy atom. The molecule has 1 rings (SSSR count). The Balaban J connectivity index is 2.65. The monoisotopic (exact) mass is 275 g/mol. The second-order valence-corrected chi connectivity index (χ2v) is 5.03. The molecular weight excluding hydrogens is 266 g/mol. The minimum atomic E-state index is -1.43. The van der Waals surface area contributed by atoms with Crippen molar-refractivity contribution in [3.05, 3.63) is 0 Å². The first-order valence-electron chi connectivity index (χ1n) is 4.83. The molecule has 1 aliphatic rings. The van der Waals surface area contributed by atoms with Crippen LogP contribution in [0.5, 0.6) is 0 Å². The predicted molar refractivity (Wildman–Crippen MR) is 59.6 cm³/mol. The number of amides is 1.